The lowest BCUT2D eigenvalue weighted by atomic mass is 10.0. The van der Waals surface area contributed by atoms with Gasteiger partial charge in [0.2, 0.25) is 0 Å². The van der Waals surface area contributed by atoms with Crippen LogP contribution in [0.5, 0.6) is 0 Å². The Morgan fingerprint density at radius 1 is 1.62 bits per heavy atom. The second kappa shape index (κ2) is 5.37. The molecule has 0 amide bonds. The minimum absolute atomic E-state index is 0.0243. The van der Waals surface area contributed by atoms with Gasteiger partial charge < -0.3 is 10.5 Å². The molecule has 0 aliphatic rings. The fraction of sp³-hybridized carbons (Fsp3) is 0.600. The summed E-state index contributed by atoms with van der Waals surface area (Å²) >= 11 is 1.68. The van der Waals surface area contributed by atoms with Crippen LogP contribution in [0.2, 0.25) is 0 Å². The highest BCUT2D eigenvalue weighted by Gasteiger charge is 2.17. The highest BCUT2D eigenvalue weighted by Crippen LogP contribution is 2.21. The molecule has 0 bridgehead atoms. The summed E-state index contributed by atoms with van der Waals surface area (Å²) in [6, 6.07) is 2.09. The minimum Gasteiger partial charge on any atom is -0.379 e. The largest absolute Gasteiger partial charge is 0.379 e. The van der Waals surface area contributed by atoms with E-state index in [-0.39, 0.29) is 12.1 Å². The van der Waals surface area contributed by atoms with Crippen molar-refractivity contribution < 1.29 is 4.74 Å². The molecule has 0 saturated carbocycles. The van der Waals surface area contributed by atoms with Gasteiger partial charge in [-0.1, -0.05) is 13.3 Å². The molecule has 0 radical (unpaired) electrons. The van der Waals surface area contributed by atoms with E-state index < -0.39 is 0 Å². The Bertz CT molecular complexity index is 223. The predicted molar refractivity (Wildman–Crippen MR) is 57.0 cm³/mol. The smallest absolute Gasteiger partial charge is 0.0764 e. The molecule has 1 heterocycles. The van der Waals surface area contributed by atoms with Crippen LogP contribution in [0.3, 0.4) is 0 Å². The SMILES string of the molecule is CCCC(OC)C(N)c1ccsc1. The molecule has 2 atom stereocenters. The molecule has 2 nitrogen and oxygen atoms in total. The monoisotopic (exact) mass is 199 g/mol. The summed E-state index contributed by atoms with van der Waals surface area (Å²) in [5, 5.41) is 4.14. The van der Waals surface area contributed by atoms with Crippen LogP contribution in [-0.4, -0.2) is 13.2 Å². The third kappa shape index (κ3) is 2.79. The Morgan fingerprint density at radius 2 is 2.38 bits per heavy atom. The summed E-state index contributed by atoms with van der Waals surface area (Å²) in [5.74, 6) is 0. The Hall–Kier alpha value is -0.380. The lowest BCUT2D eigenvalue weighted by Gasteiger charge is -2.21. The van der Waals surface area contributed by atoms with Crippen LogP contribution in [0, 0.1) is 0 Å². The standard InChI is InChI=1S/C10H17NOS/c1-3-4-9(12-2)10(11)8-5-6-13-7-8/h5-7,9-10H,3-4,11H2,1-2H3. The highest BCUT2D eigenvalue weighted by atomic mass is 32.1. The van der Waals surface area contributed by atoms with Crippen LogP contribution in [0.4, 0.5) is 0 Å². The molecule has 0 saturated heterocycles. The van der Waals surface area contributed by atoms with E-state index in [0.717, 1.165) is 12.8 Å². The summed E-state index contributed by atoms with van der Waals surface area (Å²) in [5.41, 5.74) is 7.25. The first-order chi connectivity index (χ1) is 6.29. The van der Waals surface area contributed by atoms with Gasteiger partial charge in [-0.2, -0.15) is 11.3 Å². The van der Waals surface area contributed by atoms with Gasteiger partial charge in [-0.05, 0) is 28.8 Å². The molecule has 1 aromatic rings. The van der Waals surface area contributed by atoms with E-state index in [9.17, 15) is 0 Å². The Labute approximate surface area is 83.7 Å². The molecule has 13 heavy (non-hydrogen) atoms. The number of nitrogens with two attached hydrogens (primary N) is 1. The van der Waals surface area contributed by atoms with Crippen molar-refractivity contribution in [3.05, 3.63) is 22.4 Å². The van der Waals surface area contributed by atoms with Crippen molar-refractivity contribution in [1.82, 2.24) is 0 Å². The highest BCUT2D eigenvalue weighted by molar-refractivity contribution is 7.07. The average molecular weight is 199 g/mol. The van der Waals surface area contributed by atoms with Gasteiger partial charge in [0.25, 0.3) is 0 Å². The lowest BCUT2D eigenvalue weighted by molar-refractivity contribution is 0.0726. The normalized spacial score (nSPS) is 15.6. The van der Waals surface area contributed by atoms with E-state index in [2.05, 4.69) is 18.4 Å². The fourth-order valence-electron chi connectivity index (χ4n) is 1.41. The molecule has 0 aliphatic carbocycles. The zero-order valence-electron chi connectivity index (χ0n) is 8.19. The third-order valence-corrected chi connectivity index (χ3v) is 2.91. The van der Waals surface area contributed by atoms with Gasteiger partial charge in [-0.25, -0.2) is 0 Å². The van der Waals surface area contributed by atoms with Crippen molar-refractivity contribution in [2.75, 3.05) is 7.11 Å². The molecule has 1 rings (SSSR count). The van der Waals surface area contributed by atoms with E-state index in [1.165, 1.54) is 5.56 Å². The second-order valence-corrected chi connectivity index (χ2v) is 3.93. The summed E-state index contributed by atoms with van der Waals surface area (Å²) in [7, 11) is 1.73. The van der Waals surface area contributed by atoms with Crippen LogP contribution in [0.15, 0.2) is 16.8 Å². The van der Waals surface area contributed by atoms with Crippen LogP contribution < -0.4 is 5.73 Å². The quantitative estimate of drug-likeness (QED) is 0.791. The molecule has 0 aliphatic heterocycles. The fourth-order valence-corrected chi connectivity index (χ4v) is 2.11. The van der Waals surface area contributed by atoms with Gasteiger partial charge in [-0.3, -0.25) is 0 Å². The van der Waals surface area contributed by atoms with Crippen molar-refractivity contribution in [2.45, 2.75) is 31.9 Å². The van der Waals surface area contributed by atoms with Crippen molar-refractivity contribution in [3.8, 4) is 0 Å². The first kappa shape index (κ1) is 10.7. The summed E-state index contributed by atoms with van der Waals surface area (Å²) in [6.07, 6.45) is 2.28. The molecule has 3 heteroatoms. The maximum Gasteiger partial charge on any atom is 0.0764 e. The molecule has 2 unspecified atom stereocenters. The topological polar surface area (TPSA) is 35.2 Å². The number of hydrogen-bond acceptors (Lipinski definition) is 3. The number of thiophene rings is 1. The minimum atomic E-state index is 0.0243. The Morgan fingerprint density at radius 3 is 2.85 bits per heavy atom. The van der Waals surface area contributed by atoms with Gasteiger partial charge in [0.15, 0.2) is 0 Å². The second-order valence-electron chi connectivity index (χ2n) is 3.15. The zero-order valence-corrected chi connectivity index (χ0v) is 9.01. The first-order valence-corrected chi connectivity index (χ1v) is 5.54. The molecule has 0 aromatic carbocycles. The summed E-state index contributed by atoms with van der Waals surface area (Å²) in [4.78, 5) is 0. The van der Waals surface area contributed by atoms with Crippen LogP contribution in [-0.2, 0) is 4.74 Å². The van der Waals surface area contributed by atoms with E-state index in [4.69, 9.17) is 10.5 Å². The van der Waals surface area contributed by atoms with Crippen molar-refractivity contribution >= 4 is 11.3 Å². The third-order valence-electron chi connectivity index (χ3n) is 2.20. The van der Waals surface area contributed by atoms with Crippen LogP contribution in [0.1, 0.15) is 31.4 Å². The number of rotatable bonds is 5. The van der Waals surface area contributed by atoms with Gasteiger partial charge in [-0.15, -0.1) is 0 Å². The maximum atomic E-state index is 6.06. The number of methoxy groups -OCH3 is 1. The van der Waals surface area contributed by atoms with Gasteiger partial charge >= 0.3 is 0 Å². The van der Waals surface area contributed by atoms with Gasteiger partial charge in [0.1, 0.15) is 0 Å². The zero-order chi connectivity index (χ0) is 9.68. The molecule has 2 N–H and O–H groups in total. The maximum absolute atomic E-state index is 6.06. The Kier molecular flexibility index (Phi) is 4.42. The average Bonchev–Trinajstić information content (AvgIpc) is 2.65. The summed E-state index contributed by atoms with van der Waals surface area (Å²) < 4.78 is 5.36. The van der Waals surface area contributed by atoms with Crippen molar-refractivity contribution in [3.63, 3.8) is 0 Å². The van der Waals surface area contributed by atoms with Gasteiger partial charge in [0.05, 0.1) is 12.1 Å². The van der Waals surface area contributed by atoms with Crippen molar-refractivity contribution in [2.24, 2.45) is 5.73 Å². The van der Waals surface area contributed by atoms with Crippen molar-refractivity contribution in [1.29, 1.82) is 0 Å². The molecule has 74 valence electrons. The molecule has 1 aromatic heterocycles. The molecule has 0 fully saturated rings. The van der Waals surface area contributed by atoms with E-state index in [0.29, 0.717) is 0 Å². The predicted octanol–water partition coefficient (Wildman–Crippen LogP) is 2.56. The number of ether oxygens (including phenoxy) is 1. The van der Waals surface area contributed by atoms with E-state index >= 15 is 0 Å². The van der Waals surface area contributed by atoms with Crippen LogP contribution >= 0.6 is 11.3 Å². The molecular weight excluding hydrogens is 182 g/mol. The van der Waals surface area contributed by atoms with Gasteiger partial charge in [0, 0.05) is 7.11 Å². The van der Waals surface area contributed by atoms with E-state index in [1.807, 2.05) is 5.38 Å². The van der Waals surface area contributed by atoms with E-state index in [1.54, 1.807) is 18.4 Å². The molecule has 0 spiro atoms. The molecular formula is C10H17NOS. The number of hydrogen-bond donors (Lipinski definition) is 1. The lowest BCUT2D eigenvalue weighted by Crippen LogP contribution is -2.27. The summed E-state index contributed by atoms with van der Waals surface area (Å²) in [6.45, 7) is 2.15. The first-order valence-electron chi connectivity index (χ1n) is 4.60. The van der Waals surface area contributed by atoms with Crippen LogP contribution in [0.25, 0.3) is 0 Å². The Balaban J connectivity index is 2.58.